The van der Waals surface area contributed by atoms with E-state index in [9.17, 15) is 129 Å². The summed E-state index contributed by atoms with van der Waals surface area (Å²) < 4.78 is 23.7. The topological polar surface area (TPSA) is 594 Å². The molecule has 9 aromatic heterocycles. The van der Waals surface area contributed by atoms with Crippen LogP contribution in [0.15, 0.2) is 318 Å². The number of hydrogen-bond donors (Lipinski definition) is 0. The van der Waals surface area contributed by atoms with Crippen molar-refractivity contribution in [2.24, 2.45) is 63.4 Å². The molecular weight excluding hydrogens is 1890 g/mol. The molecule has 0 saturated heterocycles. The third-order valence-electron chi connectivity index (χ3n) is 18.7. The van der Waals surface area contributed by atoms with Crippen LogP contribution in [-0.4, -0.2) is 123 Å². The van der Waals surface area contributed by atoms with Crippen LogP contribution in [0.3, 0.4) is 0 Å². The number of allylic oxidation sites excluding steroid dienone is 12. The summed E-state index contributed by atoms with van der Waals surface area (Å²) in [5, 5.41) is 0. The smallest absolute Gasteiger partial charge is 0.248 e. The monoisotopic (exact) mass is 2010 g/mol. The van der Waals surface area contributed by atoms with Crippen molar-refractivity contribution in [2.75, 3.05) is 0 Å². The van der Waals surface area contributed by atoms with E-state index in [1.807, 2.05) is 0 Å². The number of nitrogens with zero attached hydrogens (tertiary/aromatic N) is 27. The molecule has 0 bridgehead atoms. The molecule has 144 heavy (non-hydrogen) atoms. The second-order valence-electron chi connectivity index (χ2n) is 30.6. The molecule has 0 unspecified atom stereocenters. The number of hydrogen-bond acceptors (Lipinski definition) is 27. The molecule has 0 aromatic carbocycles. The largest absolute Gasteiger partial charge is 0.344 e. The molecule has 54 nitrogen and oxygen atoms in total. The summed E-state index contributed by atoms with van der Waals surface area (Å²) in [7, 11) is 11.8. The number of aromatic nitrogens is 27. The first-order valence-corrected chi connectivity index (χ1v) is 41.5. The lowest BCUT2D eigenvalue weighted by molar-refractivity contribution is 0.487. The van der Waals surface area contributed by atoms with Crippen molar-refractivity contribution in [3.8, 4) is 0 Å². The Kier molecular flexibility index (Phi) is 46.8. The van der Waals surface area contributed by atoms with E-state index >= 15 is 0 Å². The molecule has 0 spiro atoms. The van der Waals surface area contributed by atoms with Crippen molar-refractivity contribution in [3.63, 3.8) is 0 Å². The van der Waals surface area contributed by atoms with Crippen LogP contribution in [0.2, 0.25) is 0 Å². The highest BCUT2D eigenvalue weighted by atomic mass is 16.2. The second-order valence-corrected chi connectivity index (χ2v) is 30.6. The molecule has 9 aromatic rings. The van der Waals surface area contributed by atoms with E-state index in [-0.39, 0.29) is 78.5 Å². The first kappa shape index (κ1) is 123. The fraction of sp³-hybridized carbons (Fsp3) is 0.300. The van der Waals surface area contributed by atoms with Gasteiger partial charge < -0.3 is 0 Å². The molecule has 0 aliphatic heterocycles. The average molecular weight is 2010 g/mol. The van der Waals surface area contributed by atoms with Crippen LogP contribution >= 0.6 is 0 Å². The van der Waals surface area contributed by atoms with E-state index in [2.05, 4.69) is 118 Å². The fourth-order valence-corrected chi connectivity index (χ4v) is 11.7. The van der Waals surface area contributed by atoms with Gasteiger partial charge in [-0.3, -0.25) is 0 Å². The molecule has 54 heteroatoms. The van der Waals surface area contributed by atoms with Crippen molar-refractivity contribution in [1.82, 2.24) is 123 Å². The zero-order valence-electron chi connectivity index (χ0n) is 82.7. The lowest BCUT2D eigenvalue weighted by Gasteiger charge is -2.14. The summed E-state index contributed by atoms with van der Waals surface area (Å²) in [5.41, 5.74) is -14.2. The van der Waals surface area contributed by atoms with Crippen molar-refractivity contribution in [2.45, 2.75) is 120 Å². The van der Waals surface area contributed by atoms with Gasteiger partial charge in [0.2, 0.25) is 0 Å². The maximum atomic E-state index is 12.3. The SMILES string of the molecule is C=C(C)Cn1c(=O)n(C)c(=O)n(C)c1=O.C=C(C)Cn1c(=O)n(C)c(=O)n(CC(=C)C)c1=O.C=C(C)Cn1c(=O)n(CC(=C)C)c(=O)n(CC(=C)C)c1=O.C=CCn1c(=O)n(C)c(=O)n(C)c1=O.C=CCn1c(=O)n(C)c(=O)n(CC=C)c1=O.C=CCn1c(=O)n(CC=C)c(=O)n(CC=C)c1=O.C=Cn1c(=O)n(C)c(=O)n(C)c1=O.C=Cn1c(=O)n(C)c(=O)n(C=C)c1=O.C=Cn1c(=O)n(C=C)c(=O)n(C=C)c1=O. The third kappa shape index (κ3) is 29.1. The Balaban J connectivity index is 0.000000813. The van der Waals surface area contributed by atoms with E-state index in [0.717, 1.165) is 147 Å². The molecule has 0 saturated carbocycles. The highest BCUT2D eigenvalue weighted by Gasteiger charge is 2.21. The van der Waals surface area contributed by atoms with Crippen LogP contribution in [0.4, 0.5) is 0 Å². The van der Waals surface area contributed by atoms with Gasteiger partial charge in [0.05, 0.1) is 78.5 Å². The Hall–Kier alpha value is -19.0. The maximum absolute atomic E-state index is 12.3. The quantitative estimate of drug-likeness (QED) is 0.0378. The Labute approximate surface area is 811 Å². The van der Waals surface area contributed by atoms with Gasteiger partial charge >= 0.3 is 154 Å². The molecule has 774 valence electrons. The van der Waals surface area contributed by atoms with Gasteiger partial charge in [0.25, 0.3) is 0 Å². The van der Waals surface area contributed by atoms with Crippen molar-refractivity contribution in [1.29, 1.82) is 0 Å². The zero-order valence-corrected chi connectivity index (χ0v) is 82.7. The summed E-state index contributed by atoms with van der Waals surface area (Å²) in [6.07, 6.45) is 14.7. The summed E-state index contributed by atoms with van der Waals surface area (Å²) in [6.45, 7) is 73.8. The minimum atomic E-state index is -0.812. The predicted molar refractivity (Wildman–Crippen MR) is 550 cm³/mol. The van der Waals surface area contributed by atoms with Crippen LogP contribution in [0, 0.1) is 0 Å². The lowest BCUT2D eigenvalue weighted by Crippen LogP contribution is -2.54. The molecule has 0 radical (unpaired) electrons. The average Bonchev–Trinajstić information content (AvgIpc) is 0.773. The van der Waals surface area contributed by atoms with Gasteiger partial charge in [-0.1, -0.05) is 149 Å². The Morgan fingerprint density at radius 2 is 0.250 bits per heavy atom. The first-order valence-electron chi connectivity index (χ1n) is 41.5. The van der Waals surface area contributed by atoms with Gasteiger partial charge in [0, 0.05) is 101 Å². The predicted octanol–water partition coefficient (Wildman–Crippen LogP) is -6.45. The van der Waals surface area contributed by atoms with Crippen molar-refractivity contribution in [3.05, 3.63) is 471 Å². The van der Waals surface area contributed by atoms with E-state index in [0.29, 0.717) is 47.1 Å². The van der Waals surface area contributed by atoms with Gasteiger partial charge in [-0.2, -0.15) is 0 Å². The van der Waals surface area contributed by atoms with E-state index in [1.54, 1.807) is 41.5 Å². The molecule has 0 amide bonds. The molecule has 0 N–H and O–H groups in total. The van der Waals surface area contributed by atoms with Crippen LogP contribution in [-0.2, 0) is 142 Å². The van der Waals surface area contributed by atoms with Gasteiger partial charge in [-0.25, -0.2) is 253 Å². The highest BCUT2D eigenvalue weighted by Crippen LogP contribution is 1.96. The Bertz CT molecular complexity index is 7960. The first-order chi connectivity index (χ1) is 67.0. The summed E-state index contributed by atoms with van der Waals surface area (Å²) >= 11 is 0. The maximum Gasteiger partial charge on any atom is 0.344 e. The highest BCUT2D eigenvalue weighted by molar-refractivity contribution is 5.25. The normalized spacial score (nSPS) is 10.1. The Morgan fingerprint density at radius 3 is 0.403 bits per heavy atom. The van der Waals surface area contributed by atoms with Crippen molar-refractivity contribution >= 4 is 37.2 Å². The minimum absolute atomic E-state index is 0.0478. The van der Waals surface area contributed by atoms with E-state index in [1.165, 1.54) is 99.9 Å². The fourth-order valence-electron chi connectivity index (χ4n) is 11.7. The molecule has 0 aliphatic rings. The van der Waals surface area contributed by atoms with Crippen molar-refractivity contribution < 1.29 is 0 Å². The summed E-state index contributed by atoms with van der Waals surface area (Å²) in [6, 6.07) is 0. The molecule has 9 heterocycles. The van der Waals surface area contributed by atoms with Gasteiger partial charge in [0.15, 0.2) is 0 Å². The van der Waals surface area contributed by atoms with E-state index < -0.39 is 154 Å². The lowest BCUT2D eigenvalue weighted by atomic mass is 10.3. The Morgan fingerprint density at radius 1 is 0.153 bits per heavy atom. The molecule has 0 atom stereocenters. The zero-order chi connectivity index (χ0) is 112. The van der Waals surface area contributed by atoms with Crippen LogP contribution in [0.5, 0.6) is 0 Å². The summed E-state index contributed by atoms with van der Waals surface area (Å²) in [4.78, 5) is 314. The standard InChI is InChI=1S/C15H21N3O3.C12H17N3O3.C12H15N3O3.C10H13N3O3.C9H13N3O3.C9H9N3O3.C8H11N3O3.C8H9N3O3.C7H9N3O3/c1-10(2)7-16-13(19)17(8-11(3)4)15(21)18(14(16)20)9-12(5)6;1-8(2)6-14-10(16)13(5)11(17)15(12(14)18)7-9(3)4;1-4-7-13-10(16)14(8-5-2)12(18)15(9-6-3)11(13)17;1-4-6-12-8(14)11(3)9(15)13(7-5-2)10(12)16;1-6(2)5-12-8(14)10(3)7(13)11(4)9(12)15;1-4-10-7(13)11(5-2)9(15)12(6-3)8(10)14;1-4-5-11-7(13)9(2)6(12)10(3)8(11)14;1-4-10-6(12)9(3)7(13)11(5-2)8(10)14;1-4-10-6(12)8(2)5(11)9(3)7(10)13/h1,3,5,7-9H2,2,4,6H3;1,3,6-7H2,2,4-5H3;4-6H,1-3,7-9H2;4-5H,1-2,6-7H2,3H3;1,5H2,2-4H3;4-6H,1-3H2;4H,1,5H2,2-3H3;4-5H,1-2H2,3H3;4H,1H2,2-3H3. The van der Waals surface area contributed by atoms with Gasteiger partial charge in [-0.15, -0.1) is 39.5 Å². The summed E-state index contributed by atoms with van der Waals surface area (Å²) in [5.74, 6) is 0. The van der Waals surface area contributed by atoms with Gasteiger partial charge in [-0.05, 0) is 41.5 Å². The number of rotatable bonds is 30. The second kappa shape index (κ2) is 54.8. The minimum Gasteiger partial charge on any atom is -0.248 e. The molecular formula is C90H117N27O27. The molecule has 0 fully saturated rings. The van der Waals surface area contributed by atoms with Gasteiger partial charge in [0.1, 0.15) is 0 Å². The molecule has 9 rings (SSSR count). The van der Waals surface area contributed by atoms with E-state index in [4.69, 9.17) is 0 Å². The van der Waals surface area contributed by atoms with Crippen LogP contribution in [0.1, 0.15) is 41.5 Å². The van der Waals surface area contributed by atoms with Crippen LogP contribution < -0.4 is 154 Å². The molecule has 0 aliphatic carbocycles. The third-order valence-corrected chi connectivity index (χ3v) is 18.7. The van der Waals surface area contributed by atoms with Crippen LogP contribution in [0.25, 0.3) is 37.2 Å².